The monoisotopic (exact) mass is 279 g/mol. The second-order valence-corrected chi connectivity index (χ2v) is 5.52. The van der Waals surface area contributed by atoms with Crippen LogP contribution in [0.15, 0.2) is 11.4 Å². The van der Waals surface area contributed by atoms with Gasteiger partial charge in [-0.1, -0.05) is 0 Å². The van der Waals surface area contributed by atoms with Crippen molar-refractivity contribution in [1.82, 2.24) is 15.3 Å². The molecular weight excluding hydrogens is 262 g/mol. The second-order valence-electron chi connectivity index (χ2n) is 4.62. The highest BCUT2D eigenvalue weighted by Gasteiger charge is 2.14. The molecule has 0 fully saturated rings. The van der Waals surface area contributed by atoms with Crippen molar-refractivity contribution in [2.75, 3.05) is 24.2 Å². The van der Waals surface area contributed by atoms with E-state index in [1.54, 1.807) is 4.90 Å². The zero-order chi connectivity index (χ0) is 14.0. The van der Waals surface area contributed by atoms with Gasteiger partial charge in [0.05, 0.1) is 11.9 Å². The van der Waals surface area contributed by atoms with Crippen LogP contribution in [0.3, 0.4) is 0 Å². The van der Waals surface area contributed by atoms with Crippen LogP contribution in [-0.4, -0.2) is 35.5 Å². The van der Waals surface area contributed by atoms with Crippen LogP contribution in [0, 0.1) is 0 Å². The molecule has 0 spiro atoms. The Morgan fingerprint density at radius 3 is 2.95 bits per heavy atom. The molecule has 19 heavy (non-hydrogen) atoms. The van der Waals surface area contributed by atoms with Gasteiger partial charge in [-0.05, 0) is 25.3 Å². The minimum atomic E-state index is -0.0435. The lowest BCUT2D eigenvalue weighted by Crippen LogP contribution is -2.39. The summed E-state index contributed by atoms with van der Waals surface area (Å²) in [6, 6.07) is 2.06. The predicted octanol–water partition coefficient (Wildman–Crippen LogP) is 1.23. The zero-order valence-electron chi connectivity index (χ0n) is 11.2. The third-order valence-electron chi connectivity index (χ3n) is 2.51. The van der Waals surface area contributed by atoms with E-state index in [1.807, 2.05) is 32.3 Å². The van der Waals surface area contributed by atoms with Gasteiger partial charge in [-0.2, -0.15) is 4.98 Å². The van der Waals surface area contributed by atoms with E-state index in [-0.39, 0.29) is 24.4 Å². The molecule has 1 amide bonds. The fourth-order valence-corrected chi connectivity index (χ4v) is 2.57. The van der Waals surface area contributed by atoms with Gasteiger partial charge in [-0.15, -0.1) is 11.3 Å². The van der Waals surface area contributed by atoms with Crippen LogP contribution < -0.4 is 16.0 Å². The molecule has 0 unspecified atom stereocenters. The molecule has 2 rings (SSSR count). The number of nitrogen functional groups attached to an aromatic ring is 1. The smallest absolute Gasteiger partial charge is 0.239 e. The topological polar surface area (TPSA) is 84.1 Å². The third kappa shape index (κ3) is 3.11. The number of nitrogens with zero attached hydrogens (tertiary/aromatic N) is 3. The molecule has 0 aliphatic carbocycles. The van der Waals surface area contributed by atoms with E-state index in [0.717, 1.165) is 10.2 Å². The van der Waals surface area contributed by atoms with Gasteiger partial charge in [0.1, 0.15) is 10.6 Å². The van der Waals surface area contributed by atoms with Gasteiger partial charge >= 0.3 is 0 Å². The van der Waals surface area contributed by atoms with Crippen molar-refractivity contribution in [3.8, 4) is 0 Å². The molecule has 0 aliphatic rings. The summed E-state index contributed by atoms with van der Waals surface area (Å²) in [4.78, 5) is 22.8. The lowest BCUT2D eigenvalue weighted by Gasteiger charge is -2.19. The Labute approximate surface area is 115 Å². The maximum Gasteiger partial charge on any atom is 0.239 e. The summed E-state index contributed by atoms with van der Waals surface area (Å²) in [5.74, 6) is 0.863. The van der Waals surface area contributed by atoms with E-state index in [1.165, 1.54) is 11.3 Å². The molecule has 0 aromatic carbocycles. The van der Waals surface area contributed by atoms with E-state index in [0.29, 0.717) is 5.82 Å². The van der Waals surface area contributed by atoms with Crippen LogP contribution in [0.2, 0.25) is 0 Å². The summed E-state index contributed by atoms with van der Waals surface area (Å²) >= 11 is 1.50. The first-order chi connectivity index (χ1) is 8.97. The number of fused-ring (bicyclic) bond motifs is 1. The lowest BCUT2D eigenvalue weighted by molar-refractivity contribution is -0.120. The number of carbonyl (C=O) groups excluding carboxylic acids is 1. The Kier molecular flexibility index (Phi) is 3.84. The minimum absolute atomic E-state index is 0.0435. The molecule has 0 saturated carbocycles. The number of amides is 1. The van der Waals surface area contributed by atoms with E-state index < -0.39 is 0 Å². The molecule has 102 valence electrons. The Hall–Kier alpha value is -1.89. The van der Waals surface area contributed by atoms with Crippen molar-refractivity contribution >= 4 is 39.2 Å². The molecule has 7 heteroatoms. The van der Waals surface area contributed by atoms with Gasteiger partial charge < -0.3 is 16.0 Å². The van der Waals surface area contributed by atoms with Crippen molar-refractivity contribution < 1.29 is 4.79 Å². The van der Waals surface area contributed by atoms with Crippen molar-refractivity contribution in [2.45, 2.75) is 19.9 Å². The summed E-state index contributed by atoms with van der Waals surface area (Å²) in [5.41, 5.74) is 5.69. The number of rotatable bonds is 4. The average molecular weight is 279 g/mol. The van der Waals surface area contributed by atoms with E-state index in [4.69, 9.17) is 5.73 Å². The maximum absolute atomic E-state index is 11.8. The first kappa shape index (κ1) is 13.5. The third-order valence-corrected chi connectivity index (χ3v) is 3.32. The highest BCUT2D eigenvalue weighted by Crippen LogP contribution is 2.27. The van der Waals surface area contributed by atoms with Crippen molar-refractivity contribution in [1.29, 1.82) is 0 Å². The molecule has 0 saturated heterocycles. The van der Waals surface area contributed by atoms with Crippen molar-refractivity contribution in [2.24, 2.45) is 0 Å². The van der Waals surface area contributed by atoms with Crippen LogP contribution in [0.1, 0.15) is 13.8 Å². The molecule has 2 aromatic rings. The number of likely N-dealkylation sites (N-methyl/N-ethyl adjacent to an activating group) is 1. The van der Waals surface area contributed by atoms with Crippen LogP contribution >= 0.6 is 11.3 Å². The Balaban J connectivity index is 2.23. The second kappa shape index (κ2) is 5.40. The summed E-state index contributed by atoms with van der Waals surface area (Å²) in [6.45, 7) is 4.09. The van der Waals surface area contributed by atoms with Crippen molar-refractivity contribution in [3.05, 3.63) is 11.4 Å². The SMILES string of the molecule is CC(C)NC(=O)CN(C)c1nc(N)nc2sccc12. The molecule has 0 bridgehead atoms. The molecule has 0 atom stereocenters. The van der Waals surface area contributed by atoms with Gasteiger partial charge in [0.25, 0.3) is 0 Å². The number of nitrogens with one attached hydrogen (secondary N) is 1. The summed E-state index contributed by atoms with van der Waals surface area (Å²) in [7, 11) is 1.82. The number of anilines is 2. The first-order valence-electron chi connectivity index (χ1n) is 5.98. The fraction of sp³-hybridized carbons (Fsp3) is 0.417. The lowest BCUT2D eigenvalue weighted by atomic mass is 10.3. The molecule has 3 N–H and O–H groups in total. The summed E-state index contributed by atoms with van der Waals surface area (Å²) in [5, 5.41) is 5.70. The number of carbonyl (C=O) groups is 1. The molecule has 2 heterocycles. The van der Waals surface area contributed by atoms with Crippen molar-refractivity contribution in [3.63, 3.8) is 0 Å². The number of thiophene rings is 1. The van der Waals surface area contributed by atoms with Crippen LogP contribution in [-0.2, 0) is 4.79 Å². The molecular formula is C12H17N5OS. The van der Waals surface area contributed by atoms with Gasteiger partial charge in [0.2, 0.25) is 11.9 Å². The number of aromatic nitrogens is 2. The van der Waals surface area contributed by atoms with Gasteiger partial charge in [-0.25, -0.2) is 4.98 Å². The Morgan fingerprint density at radius 2 is 2.26 bits per heavy atom. The van der Waals surface area contributed by atoms with Gasteiger partial charge in [-0.3, -0.25) is 4.79 Å². The summed E-state index contributed by atoms with van der Waals surface area (Å²) in [6.07, 6.45) is 0. The normalized spacial score (nSPS) is 10.9. The molecule has 0 aliphatic heterocycles. The van der Waals surface area contributed by atoms with E-state index >= 15 is 0 Å². The fourth-order valence-electron chi connectivity index (χ4n) is 1.80. The Bertz CT molecular complexity index is 595. The highest BCUT2D eigenvalue weighted by molar-refractivity contribution is 7.16. The van der Waals surface area contributed by atoms with Crippen LogP contribution in [0.5, 0.6) is 0 Å². The predicted molar refractivity (Wildman–Crippen MR) is 78.4 cm³/mol. The maximum atomic E-state index is 11.8. The van der Waals surface area contributed by atoms with Gasteiger partial charge in [0, 0.05) is 13.1 Å². The number of nitrogens with two attached hydrogens (primary N) is 1. The highest BCUT2D eigenvalue weighted by atomic mass is 32.1. The Morgan fingerprint density at radius 1 is 1.53 bits per heavy atom. The molecule has 6 nitrogen and oxygen atoms in total. The zero-order valence-corrected chi connectivity index (χ0v) is 12.0. The van der Waals surface area contributed by atoms with Gasteiger partial charge in [0.15, 0.2) is 0 Å². The average Bonchev–Trinajstić information content (AvgIpc) is 2.73. The first-order valence-corrected chi connectivity index (χ1v) is 6.86. The minimum Gasteiger partial charge on any atom is -0.368 e. The molecule has 2 aromatic heterocycles. The van der Waals surface area contributed by atoms with E-state index in [9.17, 15) is 4.79 Å². The van der Waals surface area contributed by atoms with Crippen LogP contribution in [0.4, 0.5) is 11.8 Å². The van der Waals surface area contributed by atoms with E-state index in [2.05, 4.69) is 15.3 Å². The van der Waals surface area contributed by atoms with Crippen LogP contribution in [0.25, 0.3) is 10.2 Å². The standard InChI is InChI=1S/C12H17N5OS/c1-7(2)14-9(18)6-17(3)10-8-4-5-19-11(8)16-12(13)15-10/h4-5,7H,6H2,1-3H3,(H,14,18)(H2,13,15,16). The number of hydrogen-bond acceptors (Lipinski definition) is 6. The number of hydrogen-bond donors (Lipinski definition) is 2. The molecule has 0 radical (unpaired) electrons. The largest absolute Gasteiger partial charge is 0.368 e. The quantitative estimate of drug-likeness (QED) is 0.879. The summed E-state index contributed by atoms with van der Waals surface area (Å²) < 4.78 is 0.